The van der Waals surface area contributed by atoms with Gasteiger partial charge >= 0.3 is 0 Å². The van der Waals surface area contributed by atoms with Gasteiger partial charge in [0, 0.05) is 4.88 Å². The summed E-state index contributed by atoms with van der Waals surface area (Å²) in [5, 5.41) is 8.28. The van der Waals surface area contributed by atoms with Gasteiger partial charge in [0.05, 0.1) is 26.2 Å². The molecule has 0 aliphatic heterocycles. The van der Waals surface area contributed by atoms with E-state index in [0.29, 0.717) is 24.7 Å². The summed E-state index contributed by atoms with van der Waals surface area (Å²) in [6, 6.07) is 21.7. The van der Waals surface area contributed by atoms with Gasteiger partial charge in [-0.2, -0.15) is 0 Å². The van der Waals surface area contributed by atoms with Gasteiger partial charge in [0.2, 0.25) is 5.91 Å². The van der Waals surface area contributed by atoms with E-state index in [1.54, 1.807) is 18.4 Å². The smallest absolute Gasteiger partial charge is 0.234 e. The predicted molar refractivity (Wildman–Crippen MR) is 112 cm³/mol. The minimum absolute atomic E-state index is 0.00298. The molecule has 0 bridgehead atoms. The topological polar surface area (TPSA) is 59.6 Å². The second kappa shape index (κ2) is 10.5. The zero-order valence-corrected chi connectivity index (χ0v) is 16.6. The van der Waals surface area contributed by atoms with Gasteiger partial charge in [-0.3, -0.25) is 10.1 Å². The van der Waals surface area contributed by atoms with Gasteiger partial charge in [0.15, 0.2) is 11.5 Å². The van der Waals surface area contributed by atoms with Crippen molar-refractivity contribution in [3.05, 3.63) is 82.6 Å². The first kappa shape index (κ1) is 19.9. The Morgan fingerprint density at radius 1 is 1.00 bits per heavy atom. The van der Waals surface area contributed by atoms with Crippen molar-refractivity contribution in [2.45, 2.75) is 6.04 Å². The highest BCUT2D eigenvalue weighted by atomic mass is 32.1. The van der Waals surface area contributed by atoms with Crippen molar-refractivity contribution in [3.8, 4) is 11.5 Å². The van der Waals surface area contributed by atoms with E-state index < -0.39 is 0 Å². The number of hydrogen-bond acceptors (Lipinski definition) is 5. The second-order valence-electron chi connectivity index (χ2n) is 6.09. The number of thiophene rings is 1. The number of benzene rings is 2. The summed E-state index contributed by atoms with van der Waals surface area (Å²) >= 11 is 1.67. The monoisotopic (exact) mass is 396 g/mol. The van der Waals surface area contributed by atoms with Crippen LogP contribution in [0.2, 0.25) is 0 Å². The van der Waals surface area contributed by atoms with Crippen molar-refractivity contribution in [1.82, 2.24) is 10.6 Å². The van der Waals surface area contributed by atoms with Crippen LogP contribution in [0.3, 0.4) is 0 Å². The number of rotatable bonds is 10. The Morgan fingerprint density at radius 3 is 2.46 bits per heavy atom. The molecule has 2 N–H and O–H groups in total. The van der Waals surface area contributed by atoms with Crippen LogP contribution < -0.4 is 20.1 Å². The number of amides is 1. The Hall–Kier alpha value is -2.83. The number of carbonyl (C=O) groups is 1. The molecule has 0 radical (unpaired) electrons. The third kappa shape index (κ3) is 5.58. The van der Waals surface area contributed by atoms with E-state index in [1.807, 2.05) is 53.9 Å². The molecule has 2 aromatic carbocycles. The average Bonchev–Trinajstić information content (AvgIpc) is 3.27. The fraction of sp³-hybridized carbons (Fsp3) is 0.227. The van der Waals surface area contributed by atoms with Gasteiger partial charge in [-0.1, -0.05) is 48.5 Å². The Labute approximate surface area is 169 Å². The molecule has 3 aromatic rings. The van der Waals surface area contributed by atoms with E-state index in [2.05, 4.69) is 28.8 Å². The van der Waals surface area contributed by atoms with Crippen LogP contribution >= 0.6 is 11.3 Å². The van der Waals surface area contributed by atoms with Crippen molar-refractivity contribution < 1.29 is 14.3 Å². The minimum atomic E-state index is -0.0684. The molecule has 0 unspecified atom stereocenters. The lowest BCUT2D eigenvalue weighted by Gasteiger charge is -2.18. The van der Waals surface area contributed by atoms with E-state index in [0.717, 1.165) is 5.56 Å². The quantitative estimate of drug-likeness (QED) is 0.514. The number of nitrogens with one attached hydrogen (secondary N) is 2. The maximum atomic E-state index is 12.2. The summed E-state index contributed by atoms with van der Waals surface area (Å²) in [6.07, 6.45) is 0. The summed E-state index contributed by atoms with van der Waals surface area (Å²) in [4.78, 5) is 13.4. The lowest BCUT2D eigenvalue weighted by Crippen LogP contribution is -2.37. The van der Waals surface area contributed by atoms with Crippen LogP contribution in [0.4, 0.5) is 0 Å². The first-order valence-corrected chi connectivity index (χ1v) is 10.00. The van der Waals surface area contributed by atoms with Crippen LogP contribution in [0, 0.1) is 0 Å². The molecule has 0 saturated heterocycles. The van der Waals surface area contributed by atoms with Crippen molar-refractivity contribution in [3.63, 3.8) is 0 Å². The van der Waals surface area contributed by atoms with Crippen molar-refractivity contribution in [1.29, 1.82) is 0 Å². The maximum Gasteiger partial charge on any atom is 0.234 e. The number of para-hydroxylation sites is 2. The number of hydrogen-bond donors (Lipinski definition) is 2. The Morgan fingerprint density at radius 2 is 1.75 bits per heavy atom. The van der Waals surface area contributed by atoms with Gasteiger partial charge in [0.25, 0.3) is 0 Å². The fourth-order valence-corrected chi connectivity index (χ4v) is 3.66. The molecule has 5 nitrogen and oxygen atoms in total. The van der Waals surface area contributed by atoms with Gasteiger partial charge < -0.3 is 14.8 Å². The third-order valence-electron chi connectivity index (χ3n) is 4.18. The van der Waals surface area contributed by atoms with Crippen molar-refractivity contribution >= 4 is 17.2 Å². The largest absolute Gasteiger partial charge is 0.493 e. The standard InChI is InChI=1S/C22H24N2O3S/c1-26-18-10-5-6-11-19(18)27-14-13-23-21(25)16-24-22(20-12-7-15-28-20)17-8-3-2-4-9-17/h2-12,15,22,24H,13-14,16H2,1H3,(H,23,25)/t22-/m1/s1. The minimum Gasteiger partial charge on any atom is -0.493 e. The third-order valence-corrected chi connectivity index (χ3v) is 5.12. The van der Waals surface area contributed by atoms with E-state index >= 15 is 0 Å². The van der Waals surface area contributed by atoms with Crippen LogP contribution in [0.1, 0.15) is 16.5 Å². The second-order valence-corrected chi connectivity index (χ2v) is 7.07. The first-order chi connectivity index (χ1) is 13.8. The van der Waals surface area contributed by atoms with Gasteiger partial charge in [-0.15, -0.1) is 11.3 Å². The number of ether oxygens (including phenoxy) is 2. The molecule has 6 heteroatoms. The van der Waals surface area contributed by atoms with E-state index in [-0.39, 0.29) is 18.5 Å². The Kier molecular flexibility index (Phi) is 7.46. The summed E-state index contributed by atoms with van der Waals surface area (Å²) in [5.74, 6) is 1.28. The molecule has 1 atom stereocenters. The first-order valence-electron chi connectivity index (χ1n) is 9.12. The molecule has 1 aromatic heterocycles. The predicted octanol–water partition coefficient (Wildman–Crippen LogP) is 3.63. The molecule has 1 heterocycles. The van der Waals surface area contributed by atoms with E-state index in [1.165, 1.54) is 4.88 Å². The van der Waals surface area contributed by atoms with E-state index in [4.69, 9.17) is 9.47 Å². The molecule has 146 valence electrons. The highest BCUT2D eigenvalue weighted by Gasteiger charge is 2.15. The average molecular weight is 397 g/mol. The molecular weight excluding hydrogens is 372 g/mol. The van der Waals surface area contributed by atoms with Gasteiger partial charge in [-0.25, -0.2) is 0 Å². The summed E-state index contributed by atoms with van der Waals surface area (Å²) < 4.78 is 10.9. The molecule has 0 fully saturated rings. The van der Waals surface area contributed by atoms with Crippen molar-refractivity contribution in [2.24, 2.45) is 0 Å². The van der Waals surface area contributed by atoms with Crippen LogP contribution in [0.5, 0.6) is 11.5 Å². The highest BCUT2D eigenvalue weighted by Crippen LogP contribution is 2.26. The number of methoxy groups -OCH3 is 1. The summed E-state index contributed by atoms with van der Waals surface area (Å²) in [6.45, 7) is 1.03. The maximum absolute atomic E-state index is 12.2. The van der Waals surface area contributed by atoms with Crippen LogP contribution in [-0.2, 0) is 4.79 Å². The zero-order chi connectivity index (χ0) is 19.6. The molecule has 0 aliphatic carbocycles. The highest BCUT2D eigenvalue weighted by molar-refractivity contribution is 7.10. The van der Waals surface area contributed by atoms with Gasteiger partial charge in [-0.05, 0) is 29.1 Å². The van der Waals surface area contributed by atoms with Crippen molar-refractivity contribution in [2.75, 3.05) is 26.8 Å². The molecule has 0 saturated carbocycles. The fourth-order valence-electron chi connectivity index (χ4n) is 2.83. The number of carbonyl (C=O) groups excluding carboxylic acids is 1. The molecular formula is C22H24N2O3S. The van der Waals surface area contributed by atoms with Crippen LogP contribution in [0.25, 0.3) is 0 Å². The van der Waals surface area contributed by atoms with Crippen LogP contribution in [0.15, 0.2) is 72.1 Å². The van der Waals surface area contributed by atoms with E-state index in [9.17, 15) is 4.79 Å². The normalized spacial score (nSPS) is 11.6. The summed E-state index contributed by atoms with van der Waals surface area (Å²) in [7, 11) is 1.60. The van der Waals surface area contributed by atoms with Gasteiger partial charge in [0.1, 0.15) is 6.61 Å². The molecule has 3 rings (SSSR count). The molecule has 1 amide bonds. The lowest BCUT2D eigenvalue weighted by atomic mass is 10.1. The molecule has 28 heavy (non-hydrogen) atoms. The lowest BCUT2D eigenvalue weighted by molar-refractivity contribution is -0.120. The molecule has 0 spiro atoms. The Bertz CT molecular complexity index is 853. The van der Waals surface area contributed by atoms with Crippen LogP contribution in [-0.4, -0.2) is 32.7 Å². The zero-order valence-electron chi connectivity index (χ0n) is 15.8. The Balaban J connectivity index is 1.46. The SMILES string of the molecule is COc1ccccc1OCCNC(=O)CN[C@H](c1ccccc1)c1cccs1. The summed E-state index contributed by atoms with van der Waals surface area (Å²) in [5.41, 5.74) is 1.14. The molecule has 0 aliphatic rings.